The Bertz CT molecular complexity index is 1950. The monoisotopic (exact) mass is 669 g/mol. The van der Waals surface area contributed by atoms with E-state index in [0.29, 0.717) is 40.5 Å². The molecule has 14 heteroatoms. The Morgan fingerprint density at radius 2 is 1.50 bits per heavy atom. The molecule has 1 aromatic heterocycles. The van der Waals surface area contributed by atoms with Gasteiger partial charge in [0.1, 0.15) is 5.75 Å². The molecule has 5 aromatic rings. The molecule has 5 rings (SSSR count). The van der Waals surface area contributed by atoms with Gasteiger partial charge in [-0.05, 0) is 66.2 Å². The molecule has 238 valence electrons. The van der Waals surface area contributed by atoms with Crippen molar-refractivity contribution in [2.24, 2.45) is 4.99 Å². The Labute approximate surface area is 266 Å². The van der Waals surface area contributed by atoms with Crippen LogP contribution in [-0.4, -0.2) is 46.8 Å². The molecule has 4 aromatic carbocycles. The molecule has 0 spiro atoms. The van der Waals surface area contributed by atoms with Crippen molar-refractivity contribution >= 4 is 48.6 Å². The molecule has 0 aliphatic carbocycles. The van der Waals surface area contributed by atoms with Gasteiger partial charge in [-0.3, -0.25) is 15.1 Å². The number of carbonyl (C=O) groups is 1. The number of methoxy groups -OCH3 is 2. The van der Waals surface area contributed by atoms with E-state index in [-0.39, 0.29) is 14.9 Å². The van der Waals surface area contributed by atoms with Crippen molar-refractivity contribution in [2.45, 2.75) is 22.1 Å². The number of nitrogens with zero attached hydrogens (tertiary/aromatic N) is 2. The number of hydrogen-bond acceptors (Lipinski definition) is 9. The van der Waals surface area contributed by atoms with E-state index in [1.165, 1.54) is 49.8 Å². The van der Waals surface area contributed by atoms with Gasteiger partial charge in [0.15, 0.2) is 16.6 Å². The van der Waals surface area contributed by atoms with Crippen molar-refractivity contribution < 1.29 is 40.6 Å². The number of rotatable bonds is 10. The summed E-state index contributed by atoms with van der Waals surface area (Å²) in [7, 11) is 0.495. The number of benzene rings is 4. The van der Waals surface area contributed by atoms with Crippen LogP contribution in [0.25, 0.3) is 10.2 Å². The van der Waals surface area contributed by atoms with Gasteiger partial charge in [0.2, 0.25) is 15.9 Å². The third kappa shape index (κ3) is 6.97. The average molecular weight is 670 g/mol. The number of halogens is 3. The molecule has 46 heavy (non-hydrogen) atoms. The van der Waals surface area contributed by atoms with Gasteiger partial charge in [0, 0.05) is 31.0 Å². The molecule has 1 heterocycles. The van der Waals surface area contributed by atoms with Crippen molar-refractivity contribution in [1.29, 1.82) is 0 Å². The van der Waals surface area contributed by atoms with E-state index in [1.807, 2.05) is 0 Å². The first-order valence-electron chi connectivity index (χ1n) is 13.5. The molecule has 0 fully saturated rings. The first-order valence-corrected chi connectivity index (χ1v) is 15.8. The number of thiazole rings is 1. The second kappa shape index (κ2) is 13.2. The Kier molecular flexibility index (Phi) is 9.30. The lowest BCUT2D eigenvalue weighted by atomic mass is 10.1. The van der Waals surface area contributed by atoms with E-state index in [4.69, 9.17) is 14.2 Å². The fourth-order valence-corrected chi connectivity index (χ4v) is 6.59. The topological polar surface area (TPSA) is 116 Å². The number of sulfone groups is 1. The van der Waals surface area contributed by atoms with Crippen molar-refractivity contribution in [1.82, 2.24) is 4.98 Å². The third-order valence-electron chi connectivity index (χ3n) is 6.76. The molecule has 0 aliphatic heterocycles. The summed E-state index contributed by atoms with van der Waals surface area (Å²) in [5.41, 5.74) is 0.733. The lowest BCUT2D eigenvalue weighted by Crippen LogP contribution is -2.25. The van der Waals surface area contributed by atoms with Crippen LogP contribution in [0.3, 0.4) is 0 Å². The van der Waals surface area contributed by atoms with Gasteiger partial charge >= 0.3 is 6.18 Å². The summed E-state index contributed by atoms with van der Waals surface area (Å²) in [6.45, 7) is 0. The van der Waals surface area contributed by atoms with Gasteiger partial charge in [-0.15, -0.1) is 0 Å². The number of fused-ring (bicyclic) bond motifs is 1. The summed E-state index contributed by atoms with van der Waals surface area (Å²) in [4.78, 5) is 21.7. The molecule has 0 aliphatic rings. The quantitative estimate of drug-likeness (QED) is 0.160. The molecule has 1 unspecified atom stereocenters. The molecule has 0 bridgehead atoms. The Morgan fingerprint density at radius 3 is 2.07 bits per heavy atom. The zero-order chi connectivity index (χ0) is 33.1. The number of amides is 1. The van der Waals surface area contributed by atoms with Crippen molar-refractivity contribution in [3.05, 3.63) is 102 Å². The van der Waals surface area contributed by atoms with E-state index >= 15 is 0 Å². The van der Waals surface area contributed by atoms with Crippen LogP contribution in [0.4, 0.5) is 18.3 Å². The van der Waals surface area contributed by atoms with Crippen molar-refractivity contribution in [3.8, 4) is 17.2 Å². The van der Waals surface area contributed by atoms with Crippen molar-refractivity contribution in [2.75, 3.05) is 26.6 Å². The molecule has 0 saturated carbocycles. The highest BCUT2D eigenvalue weighted by molar-refractivity contribution is 7.91. The summed E-state index contributed by atoms with van der Waals surface area (Å²) in [5, 5.41) is 3.05. The van der Waals surface area contributed by atoms with Crippen LogP contribution < -0.4 is 19.5 Å². The van der Waals surface area contributed by atoms with Crippen LogP contribution in [0.15, 0.2) is 99.7 Å². The van der Waals surface area contributed by atoms with Gasteiger partial charge in [-0.1, -0.05) is 23.5 Å². The lowest BCUT2D eigenvalue weighted by molar-refractivity contribution is -0.137. The van der Waals surface area contributed by atoms with Crippen LogP contribution in [0.2, 0.25) is 0 Å². The van der Waals surface area contributed by atoms with Crippen LogP contribution in [0.1, 0.15) is 22.8 Å². The largest absolute Gasteiger partial charge is 0.493 e. The molecule has 1 amide bonds. The Balaban J connectivity index is 1.45. The number of aromatic nitrogens is 1. The molecular weight excluding hydrogens is 643 g/mol. The van der Waals surface area contributed by atoms with Gasteiger partial charge in [0.05, 0.1) is 39.8 Å². The van der Waals surface area contributed by atoms with Gasteiger partial charge in [-0.2, -0.15) is 13.2 Å². The van der Waals surface area contributed by atoms with Crippen molar-refractivity contribution in [3.63, 3.8) is 0 Å². The number of nitrogens with one attached hydrogen (secondary N) is 1. The number of alkyl halides is 3. The fourth-order valence-electron chi connectivity index (χ4n) is 4.45. The van der Waals surface area contributed by atoms with E-state index in [0.717, 1.165) is 22.4 Å². The number of carbonyl (C=O) groups excluding carboxylic acids is 1. The van der Waals surface area contributed by atoms with E-state index in [9.17, 15) is 26.4 Å². The molecule has 0 radical (unpaired) electrons. The predicted octanol–water partition coefficient (Wildman–Crippen LogP) is 6.97. The highest BCUT2D eigenvalue weighted by Crippen LogP contribution is 2.37. The highest BCUT2D eigenvalue weighted by Gasteiger charge is 2.31. The van der Waals surface area contributed by atoms with Gasteiger partial charge < -0.3 is 14.2 Å². The molecule has 1 atom stereocenters. The van der Waals surface area contributed by atoms with Crippen LogP contribution in [0, 0.1) is 0 Å². The summed E-state index contributed by atoms with van der Waals surface area (Å²) >= 11 is 1.21. The second-order valence-electron chi connectivity index (χ2n) is 9.73. The molecular formula is C32H26F3N3O6S2. The first-order chi connectivity index (χ1) is 21.9. The summed E-state index contributed by atoms with van der Waals surface area (Å²) in [6, 6.07) is 18.8. The van der Waals surface area contributed by atoms with Crippen LogP contribution in [0.5, 0.6) is 17.2 Å². The fraction of sp³-hybridized carbons (Fsp3) is 0.156. The minimum absolute atomic E-state index is 0.174. The minimum Gasteiger partial charge on any atom is -0.493 e. The summed E-state index contributed by atoms with van der Waals surface area (Å²) in [6.07, 6.45) is -4.19. The first kappa shape index (κ1) is 32.4. The van der Waals surface area contributed by atoms with E-state index < -0.39 is 33.6 Å². The summed E-state index contributed by atoms with van der Waals surface area (Å²) in [5.74, 6) is 0.743. The summed E-state index contributed by atoms with van der Waals surface area (Å²) < 4.78 is 82.8. The smallest absolute Gasteiger partial charge is 0.416 e. The second-order valence-corrected chi connectivity index (χ2v) is 12.7. The Hall–Kier alpha value is -4.95. The minimum atomic E-state index is -4.60. The zero-order valence-corrected chi connectivity index (χ0v) is 26.2. The van der Waals surface area contributed by atoms with Gasteiger partial charge in [0.25, 0.3) is 5.91 Å². The number of ether oxygens (including phenoxy) is 3. The maximum atomic E-state index is 13.7. The van der Waals surface area contributed by atoms with E-state index in [1.54, 1.807) is 49.7 Å². The third-order valence-corrected chi connectivity index (χ3v) is 9.48. The SMILES string of the molecule is CN=Cc1ccc(OC(C(=O)Nc2nc3cc(OC)c(OC)cc3s2)c2ccc(S(=O)(=O)c3ccc(C(F)(F)F)cc3)cc2)cc1. The van der Waals surface area contributed by atoms with E-state index in [2.05, 4.69) is 15.3 Å². The van der Waals surface area contributed by atoms with Crippen LogP contribution in [-0.2, 0) is 20.8 Å². The lowest BCUT2D eigenvalue weighted by Gasteiger charge is -2.19. The zero-order valence-electron chi connectivity index (χ0n) is 24.5. The molecule has 1 N–H and O–H groups in total. The average Bonchev–Trinajstić information content (AvgIpc) is 3.44. The predicted molar refractivity (Wildman–Crippen MR) is 168 cm³/mol. The number of anilines is 1. The highest BCUT2D eigenvalue weighted by atomic mass is 32.2. The number of hydrogen-bond donors (Lipinski definition) is 1. The Morgan fingerprint density at radius 1 is 0.913 bits per heavy atom. The van der Waals surface area contributed by atoms with Crippen LogP contribution >= 0.6 is 11.3 Å². The van der Waals surface area contributed by atoms with Gasteiger partial charge in [-0.25, -0.2) is 13.4 Å². The molecule has 9 nitrogen and oxygen atoms in total. The number of aliphatic imine (C=N–C) groups is 1. The standard InChI is InChI=1S/C32H26F3N3O6S2/c1-36-18-19-4-10-22(11-5-19)44-29(30(39)38-31-37-25-16-26(42-2)27(43-3)17-28(25)45-31)20-6-12-23(13-7-20)46(40,41)24-14-8-21(9-15-24)32(33,34)35/h4-18,29H,1-3H3,(H,37,38,39). The molecule has 0 saturated heterocycles. The maximum Gasteiger partial charge on any atom is 0.416 e. The normalized spacial score (nSPS) is 12.7. The maximum absolute atomic E-state index is 13.7.